The summed E-state index contributed by atoms with van der Waals surface area (Å²) in [5.74, 6) is 4.37. The lowest BCUT2D eigenvalue weighted by Crippen LogP contribution is -2.00. The summed E-state index contributed by atoms with van der Waals surface area (Å²) in [4.78, 5) is 7.62. The Balaban J connectivity index is 2.02. The second kappa shape index (κ2) is 9.05. The number of benzene rings is 2. The number of fused-ring (bicyclic) bond motifs is 1. The molecule has 0 aliphatic carbocycles. The number of nitrogens with zero attached hydrogens (tertiary/aromatic N) is 2. The molecular weight excluding hydrogens is 390 g/mol. The van der Waals surface area contributed by atoms with Gasteiger partial charge in [-0.1, -0.05) is 17.5 Å². The first kappa shape index (κ1) is 20.1. The zero-order valence-electron chi connectivity index (χ0n) is 16.0. The minimum Gasteiger partial charge on any atom is -0.497 e. The van der Waals surface area contributed by atoms with Crippen molar-refractivity contribution in [3.63, 3.8) is 0 Å². The highest BCUT2D eigenvalue weighted by atomic mass is 35.5. The van der Waals surface area contributed by atoms with Crippen LogP contribution in [0.4, 0.5) is 0 Å². The summed E-state index contributed by atoms with van der Waals surface area (Å²) in [6.45, 7) is 2.35. The van der Waals surface area contributed by atoms with Crippen LogP contribution < -0.4 is 14.2 Å². The van der Waals surface area contributed by atoms with Gasteiger partial charge in [-0.3, -0.25) is 0 Å². The molecule has 1 N–H and O–H groups in total. The zero-order chi connectivity index (χ0) is 20.8. The highest BCUT2D eigenvalue weighted by molar-refractivity contribution is 6.32. The molecule has 1 aromatic heterocycles. The van der Waals surface area contributed by atoms with Crippen molar-refractivity contribution in [1.82, 2.24) is 9.97 Å². The van der Waals surface area contributed by atoms with E-state index in [1.54, 1.807) is 25.3 Å². The Hall–Kier alpha value is -3.61. The Morgan fingerprint density at radius 2 is 2.14 bits per heavy atom. The fourth-order valence-electron chi connectivity index (χ4n) is 2.75. The molecule has 0 radical (unpaired) electrons. The number of ether oxygens (including phenoxy) is 3. The predicted octanol–water partition coefficient (Wildman–Crippen LogP) is 4.70. The number of nitrogens with one attached hydrogen (secondary N) is 1. The van der Waals surface area contributed by atoms with Crippen LogP contribution in [0.5, 0.6) is 17.2 Å². The second-order valence-corrected chi connectivity index (χ2v) is 6.30. The molecule has 0 aliphatic heterocycles. The van der Waals surface area contributed by atoms with Crippen molar-refractivity contribution < 1.29 is 14.2 Å². The maximum atomic E-state index is 9.67. The lowest BCUT2D eigenvalue weighted by molar-refractivity contribution is 0.299. The third kappa shape index (κ3) is 4.45. The summed E-state index contributed by atoms with van der Waals surface area (Å²) in [7, 11) is 1.59. The summed E-state index contributed by atoms with van der Waals surface area (Å²) in [6.07, 6.45) is 6.93. The Bertz CT molecular complexity index is 1150. The van der Waals surface area contributed by atoms with E-state index in [0.717, 1.165) is 11.0 Å². The third-order valence-electron chi connectivity index (χ3n) is 4.01. The largest absolute Gasteiger partial charge is 0.497 e. The van der Waals surface area contributed by atoms with Crippen LogP contribution in [0.15, 0.2) is 30.3 Å². The van der Waals surface area contributed by atoms with Gasteiger partial charge in [0.25, 0.3) is 0 Å². The van der Waals surface area contributed by atoms with E-state index in [4.69, 9.17) is 32.2 Å². The van der Waals surface area contributed by atoms with E-state index in [0.29, 0.717) is 45.8 Å². The van der Waals surface area contributed by atoms with Crippen LogP contribution in [0, 0.1) is 23.7 Å². The molecule has 146 valence electrons. The molecule has 0 spiro atoms. The maximum absolute atomic E-state index is 9.67. The monoisotopic (exact) mass is 407 g/mol. The van der Waals surface area contributed by atoms with Gasteiger partial charge in [0, 0.05) is 6.07 Å². The fraction of sp³-hybridized carbons (Fsp3) is 0.182. The van der Waals surface area contributed by atoms with Crippen molar-refractivity contribution in [3.05, 3.63) is 46.7 Å². The van der Waals surface area contributed by atoms with Gasteiger partial charge in [0.15, 0.2) is 11.5 Å². The van der Waals surface area contributed by atoms with Gasteiger partial charge < -0.3 is 19.2 Å². The maximum Gasteiger partial charge on any atom is 0.181 e. The van der Waals surface area contributed by atoms with E-state index < -0.39 is 0 Å². The van der Waals surface area contributed by atoms with Crippen molar-refractivity contribution in [2.45, 2.75) is 6.92 Å². The number of hydrogen-bond acceptors (Lipinski definition) is 5. The quantitative estimate of drug-likeness (QED) is 0.453. The van der Waals surface area contributed by atoms with Gasteiger partial charge in [0.05, 0.1) is 35.3 Å². The topological polar surface area (TPSA) is 80.2 Å². The van der Waals surface area contributed by atoms with E-state index in [9.17, 15) is 5.26 Å². The lowest BCUT2D eigenvalue weighted by atomic mass is 10.1. The van der Waals surface area contributed by atoms with Crippen LogP contribution in [0.25, 0.3) is 22.7 Å². The minimum atomic E-state index is 0.0703. The van der Waals surface area contributed by atoms with Crippen molar-refractivity contribution in [2.24, 2.45) is 0 Å². The Morgan fingerprint density at radius 3 is 2.83 bits per heavy atom. The molecule has 3 aromatic rings. The zero-order valence-corrected chi connectivity index (χ0v) is 16.7. The smallest absolute Gasteiger partial charge is 0.181 e. The Morgan fingerprint density at radius 1 is 1.31 bits per heavy atom. The Kier molecular flexibility index (Phi) is 6.29. The predicted molar refractivity (Wildman–Crippen MR) is 113 cm³/mol. The molecule has 0 amide bonds. The number of terminal acetylenes is 1. The van der Waals surface area contributed by atoms with Gasteiger partial charge in [-0.05, 0) is 42.8 Å². The molecular formula is C22H18ClN3O3. The van der Waals surface area contributed by atoms with Crippen molar-refractivity contribution in [1.29, 1.82) is 5.26 Å². The summed E-state index contributed by atoms with van der Waals surface area (Å²) in [5, 5.41) is 10.0. The van der Waals surface area contributed by atoms with Gasteiger partial charge >= 0.3 is 0 Å². The van der Waals surface area contributed by atoms with E-state index >= 15 is 0 Å². The number of imidazole rings is 1. The van der Waals surface area contributed by atoms with Crippen LogP contribution in [0.3, 0.4) is 0 Å². The fourth-order valence-corrected chi connectivity index (χ4v) is 3.03. The first-order chi connectivity index (χ1) is 14.1. The molecule has 0 atom stereocenters. The molecule has 3 rings (SSSR count). The van der Waals surface area contributed by atoms with Gasteiger partial charge in [-0.25, -0.2) is 4.98 Å². The van der Waals surface area contributed by atoms with E-state index in [1.165, 1.54) is 0 Å². The van der Waals surface area contributed by atoms with Crippen LogP contribution >= 0.6 is 11.6 Å². The molecule has 0 fully saturated rings. The molecule has 0 aliphatic rings. The van der Waals surface area contributed by atoms with Gasteiger partial charge in [0.2, 0.25) is 0 Å². The average Bonchev–Trinajstić information content (AvgIpc) is 3.14. The lowest BCUT2D eigenvalue weighted by Gasteiger charge is -2.13. The van der Waals surface area contributed by atoms with Crippen LogP contribution in [-0.4, -0.2) is 30.3 Å². The van der Waals surface area contributed by atoms with Crippen LogP contribution in [0.2, 0.25) is 5.02 Å². The number of aromatic nitrogens is 2. The normalized spacial score (nSPS) is 11.0. The highest BCUT2D eigenvalue weighted by Crippen LogP contribution is 2.37. The first-order valence-corrected chi connectivity index (χ1v) is 9.16. The summed E-state index contributed by atoms with van der Waals surface area (Å²) in [5.41, 5.74) is 2.51. The second-order valence-electron chi connectivity index (χ2n) is 5.89. The number of rotatable bonds is 7. The number of H-pyrrole nitrogens is 1. The standard InChI is InChI=1S/C22H18ClN3O3/c1-4-8-29-21-17(23)10-14(11-20(21)28-5-2)9-15(13-24)22-25-18-7-6-16(27-3)12-19(18)26-22/h1,6-7,9-12H,5,8H2,2-3H3,(H,25,26)/b15-9-. The summed E-state index contributed by atoms with van der Waals surface area (Å²) in [6, 6.07) is 11.0. The molecule has 0 unspecified atom stereocenters. The number of allylic oxidation sites excluding steroid dienone is 1. The number of aromatic amines is 1. The Labute approximate surface area is 173 Å². The number of halogens is 1. The molecule has 1 heterocycles. The summed E-state index contributed by atoms with van der Waals surface area (Å²) >= 11 is 6.35. The molecule has 6 nitrogen and oxygen atoms in total. The minimum absolute atomic E-state index is 0.0703. The van der Waals surface area contributed by atoms with Crippen LogP contribution in [-0.2, 0) is 0 Å². The van der Waals surface area contributed by atoms with Crippen LogP contribution in [0.1, 0.15) is 18.3 Å². The average molecular weight is 408 g/mol. The molecule has 2 aromatic carbocycles. The third-order valence-corrected chi connectivity index (χ3v) is 4.29. The first-order valence-electron chi connectivity index (χ1n) is 8.78. The van der Waals surface area contributed by atoms with Gasteiger partial charge in [-0.2, -0.15) is 5.26 Å². The van der Waals surface area contributed by atoms with Crippen molar-refractivity contribution in [2.75, 3.05) is 20.3 Å². The molecule has 0 saturated carbocycles. The summed E-state index contributed by atoms with van der Waals surface area (Å²) < 4.78 is 16.3. The SMILES string of the molecule is C#CCOc1c(Cl)cc(/C=C(/C#N)c2nc3ccc(OC)cc3[nH]2)cc1OCC. The van der Waals surface area contributed by atoms with E-state index in [-0.39, 0.29) is 6.61 Å². The number of methoxy groups -OCH3 is 1. The van der Waals surface area contributed by atoms with Gasteiger partial charge in [-0.15, -0.1) is 6.42 Å². The van der Waals surface area contributed by atoms with Crippen molar-refractivity contribution in [3.8, 4) is 35.7 Å². The molecule has 0 bridgehead atoms. The van der Waals surface area contributed by atoms with E-state index in [2.05, 4.69) is 22.0 Å². The van der Waals surface area contributed by atoms with E-state index in [1.807, 2.05) is 25.1 Å². The van der Waals surface area contributed by atoms with Gasteiger partial charge in [0.1, 0.15) is 24.3 Å². The molecule has 7 heteroatoms. The highest BCUT2D eigenvalue weighted by Gasteiger charge is 2.14. The molecule has 0 saturated heterocycles. The number of hydrogen-bond donors (Lipinski definition) is 1. The molecule has 29 heavy (non-hydrogen) atoms. The number of nitriles is 1. The van der Waals surface area contributed by atoms with Crippen molar-refractivity contribution >= 4 is 34.3 Å².